The average Bonchev–Trinajstić information content (AvgIpc) is 2.26. The lowest BCUT2D eigenvalue weighted by Crippen LogP contribution is -2.46. The van der Waals surface area contributed by atoms with Gasteiger partial charge in [-0.25, -0.2) is 0 Å². The number of halogens is 1. The molecule has 2 nitrogen and oxygen atoms in total. The van der Waals surface area contributed by atoms with Crippen molar-refractivity contribution in [2.45, 2.75) is 26.3 Å². The van der Waals surface area contributed by atoms with Crippen LogP contribution < -0.4 is 4.90 Å². The molecule has 1 fully saturated rings. The molecule has 86 valence electrons. The third-order valence-corrected chi connectivity index (χ3v) is 4.13. The number of piperidine rings is 1. The second-order valence-corrected chi connectivity index (χ2v) is 5.66. The summed E-state index contributed by atoms with van der Waals surface area (Å²) in [6, 6.07) is 8.78. The van der Waals surface area contributed by atoms with Crippen molar-refractivity contribution in [3.63, 3.8) is 0 Å². The maximum Gasteiger partial charge on any atom is 0.139 e. The molecule has 1 heterocycles. The molecule has 1 aromatic rings. The molecule has 0 aliphatic carbocycles. The molecule has 2 atom stereocenters. The molecule has 1 aromatic carbocycles. The van der Waals surface area contributed by atoms with Crippen LogP contribution in [0.4, 0.5) is 5.69 Å². The van der Waals surface area contributed by atoms with Crippen molar-refractivity contribution in [3.05, 3.63) is 27.8 Å². The first-order chi connectivity index (χ1) is 7.59. The minimum absolute atomic E-state index is 0.145. The van der Waals surface area contributed by atoms with Gasteiger partial charge in [-0.15, -0.1) is 0 Å². The van der Waals surface area contributed by atoms with Gasteiger partial charge in [-0.05, 0) is 47.7 Å². The Morgan fingerprint density at radius 1 is 1.38 bits per heavy atom. The number of hydrogen-bond donors (Lipinski definition) is 0. The average molecular weight is 329 g/mol. The normalized spacial score (nSPS) is 25.9. The van der Waals surface area contributed by atoms with E-state index in [9.17, 15) is 4.79 Å². The largest absolute Gasteiger partial charge is 0.368 e. The number of benzene rings is 1. The lowest BCUT2D eigenvalue weighted by molar-refractivity contribution is -0.123. The third kappa shape index (κ3) is 2.24. The van der Waals surface area contributed by atoms with Gasteiger partial charge in [-0.1, -0.05) is 13.0 Å². The number of hydrogen-bond acceptors (Lipinski definition) is 2. The summed E-state index contributed by atoms with van der Waals surface area (Å²) < 4.78 is 1.24. The molecule has 1 aliphatic heterocycles. The van der Waals surface area contributed by atoms with Crippen LogP contribution in [0.25, 0.3) is 0 Å². The number of Topliss-reactive ketones (excluding diaryl/α,β-unsaturated/α-hetero) is 1. The zero-order valence-electron chi connectivity index (χ0n) is 9.61. The molecular weight excluding hydrogens is 313 g/mol. The van der Waals surface area contributed by atoms with E-state index in [2.05, 4.69) is 58.7 Å². The monoisotopic (exact) mass is 329 g/mol. The zero-order chi connectivity index (χ0) is 11.7. The van der Waals surface area contributed by atoms with Crippen molar-refractivity contribution < 1.29 is 4.79 Å². The molecule has 0 aromatic heterocycles. The van der Waals surface area contributed by atoms with Crippen LogP contribution in [0, 0.1) is 9.49 Å². The zero-order valence-corrected chi connectivity index (χ0v) is 11.8. The summed E-state index contributed by atoms with van der Waals surface area (Å²) in [7, 11) is 0. The van der Waals surface area contributed by atoms with E-state index in [0.29, 0.717) is 18.2 Å². The lowest BCUT2D eigenvalue weighted by Gasteiger charge is -2.38. The molecule has 3 heteroatoms. The topological polar surface area (TPSA) is 20.3 Å². The first-order valence-electron chi connectivity index (χ1n) is 5.64. The smallest absolute Gasteiger partial charge is 0.139 e. The molecule has 16 heavy (non-hydrogen) atoms. The number of anilines is 1. The number of nitrogens with zero attached hydrogens (tertiary/aromatic N) is 1. The second-order valence-electron chi connectivity index (χ2n) is 4.42. The highest BCUT2D eigenvalue weighted by molar-refractivity contribution is 14.1. The van der Waals surface area contributed by atoms with Gasteiger partial charge in [0.15, 0.2) is 0 Å². The predicted octanol–water partition coefficient (Wildman–Crippen LogP) is 3.10. The number of carbonyl (C=O) groups excluding carboxylic acids is 1. The molecule has 0 radical (unpaired) electrons. The van der Waals surface area contributed by atoms with Crippen molar-refractivity contribution in [3.8, 4) is 0 Å². The highest BCUT2D eigenvalue weighted by Gasteiger charge is 2.30. The molecule has 0 amide bonds. The Labute approximate surface area is 110 Å². The first-order valence-corrected chi connectivity index (χ1v) is 6.72. The summed E-state index contributed by atoms with van der Waals surface area (Å²) in [5.41, 5.74) is 1.23. The van der Waals surface area contributed by atoms with Gasteiger partial charge in [0.2, 0.25) is 0 Å². The van der Waals surface area contributed by atoms with E-state index in [4.69, 9.17) is 0 Å². The fourth-order valence-corrected chi connectivity index (χ4v) is 2.75. The van der Waals surface area contributed by atoms with Gasteiger partial charge in [0, 0.05) is 34.2 Å². The maximum absolute atomic E-state index is 11.6. The van der Waals surface area contributed by atoms with Crippen molar-refractivity contribution in [1.82, 2.24) is 0 Å². The summed E-state index contributed by atoms with van der Waals surface area (Å²) in [4.78, 5) is 14.0. The fraction of sp³-hybridized carbons (Fsp3) is 0.462. The van der Waals surface area contributed by atoms with Gasteiger partial charge in [0.1, 0.15) is 5.78 Å². The lowest BCUT2D eigenvalue weighted by atomic mass is 9.90. The van der Waals surface area contributed by atoms with Crippen LogP contribution in [-0.2, 0) is 4.79 Å². The van der Waals surface area contributed by atoms with Crippen LogP contribution >= 0.6 is 22.6 Å². The quantitative estimate of drug-likeness (QED) is 0.738. The molecule has 0 spiro atoms. The van der Waals surface area contributed by atoms with E-state index in [1.165, 1.54) is 9.26 Å². The van der Waals surface area contributed by atoms with E-state index in [-0.39, 0.29) is 5.92 Å². The van der Waals surface area contributed by atoms with E-state index < -0.39 is 0 Å². The van der Waals surface area contributed by atoms with Crippen LogP contribution in [0.3, 0.4) is 0 Å². The van der Waals surface area contributed by atoms with Gasteiger partial charge in [-0.3, -0.25) is 4.79 Å². The van der Waals surface area contributed by atoms with Crippen LogP contribution in [0.15, 0.2) is 24.3 Å². The summed E-state index contributed by atoms with van der Waals surface area (Å²) in [5.74, 6) is 0.543. The molecular formula is C13H16INO. The number of ketones is 1. The van der Waals surface area contributed by atoms with Crippen LogP contribution in [-0.4, -0.2) is 18.4 Å². The highest BCUT2D eigenvalue weighted by Crippen LogP contribution is 2.27. The highest BCUT2D eigenvalue weighted by atomic mass is 127. The molecule has 1 aliphatic rings. The molecule has 1 saturated heterocycles. The maximum atomic E-state index is 11.6. The Kier molecular flexibility index (Phi) is 3.52. The Morgan fingerprint density at radius 3 is 2.81 bits per heavy atom. The van der Waals surface area contributed by atoms with E-state index in [1.54, 1.807) is 0 Å². The predicted molar refractivity (Wildman–Crippen MR) is 74.8 cm³/mol. The molecule has 0 bridgehead atoms. The Morgan fingerprint density at radius 2 is 2.12 bits per heavy atom. The van der Waals surface area contributed by atoms with Crippen LogP contribution in [0.1, 0.15) is 20.3 Å². The Bertz CT molecular complexity index is 405. The fourth-order valence-electron chi connectivity index (χ4n) is 2.22. The Balaban J connectivity index is 2.25. The number of rotatable bonds is 1. The molecule has 2 rings (SSSR count). The van der Waals surface area contributed by atoms with Crippen molar-refractivity contribution in [2.24, 2.45) is 5.92 Å². The van der Waals surface area contributed by atoms with Gasteiger partial charge >= 0.3 is 0 Å². The van der Waals surface area contributed by atoms with Crippen LogP contribution in [0.5, 0.6) is 0 Å². The van der Waals surface area contributed by atoms with E-state index in [0.717, 1.165) is 6.54 Å². The van der Waals surface area contributed by atoms with Crippen molar-refractivity contribution in [1.29, 1.82) is 0 Å². The summed E-state index contributed by atoms with van der Waals surface area (Å²) >= 11 is 2.32. The van der Waals surface area contributed by atoms with Crippen molar-refractivity contribution in [2.75, 3.05) is 11.4 Å². The number of carbonyl (C=O) groups is 1. The van der Waals surface area contributed by atoms with Gasteiger partial charge in [0.25, 0.3) is 0 Å². The van der Waals surface area contributed by atoms with E-state index >= 15 is 0 Å². The summed E-state index contributed by atoms with van der Waals surface area (Å²) in [5, 5.41) is 0. The molecule has 2 unspecified atom stereocenters. The summed E-state index contributed by atoms with van der Waals surface area (Å²) in [6.07, 6.45) is 0.678. The minimum Gasteiger partial charge on any atom is -0.368 e. The third-order valence-electron chi connectivity index (χ3n) is 3.46. The van der Waals surface area contributed by atoms with Crippen molar-refractivity contribution >= 4 is 34.1 Å². The SMILES string of the molecule is CC1C(=O)CCN(c2cccc(I)c2)C1C. The standard InChI is InChI=1S/C13H16INO/c1-9-10(2)15(7-6-13(9)16)12-5-3-4-11(14)8-12/h3-5,8-10H,6-7H2,1-2H3. The first kappa shape index (κ1) is 11.9. The van der Waals surface area contributed by atoms with E-state index in [1.807, 2.05) is 6.92 Å². The van der Waals surface area contributed by atoms with Gasteiger partial charge < -0.3 is 4.90 Å². The van der Waals surface area contributed by atoms with Gasteiger partial charge in [-0.2, -0.15) is 0 Å². The second kappa shape index (κ2) is 4.73. The summed E-state index contributed by atoms with van der Waals surface area (Å²) in [6.45, 7) is 5.03. The van der Waals surface area contributed by atoms with Gasteiger partial charge in [0.05, 0.1) is 0 Å². The Hall–Kier alpha value is -0.580. The van der Waals surface area contributed by atoms with Crippen LogP contribution in [0.2, 0.25) is 0 Å². The molecule has 0 N–H and O–H groups in total. The molecule has 0 saturated carbocycles. The minimum atomic E-state index is 0.145.